The number of aliphatic imine (C=N–C) groups is 2. The van der Waals surface area contributed by atoms with Crippen LogP contribution in [0.1, 0.15) is 6.92 Å². The molecule has 5 N–H and O–H groups in total. The molecule has 0 bridgehead atoms. The van der Waals surface area contributed by atoms with E-state index in [0.29, 0.717) is 6.54 Å². The van der Waals surface area contributed by atoms with Gasteiger partial charge in [0.1, 0.15) is 11.8 Å². The Bertz CT molecular complexity index is 617. The highest BCUT2D eigenvalue weighted by molar-refractivity contribution is 7.97. The maximum atomic E-state index is 8.83. The van der Waals surface area contributed by atoms with E-state index in [0.717, 1.165) is 35.9 Å². The van der Waals surface area contributed by atoms with Gasteiger partial charge in [0.15, 0.2) is 0 Å². The van der Waals surface area contributed by atoms with Crippen molar-refractivity contribution in [3.05, 3.63) is 36.0 Å². The third kappa shape index (κ3) is 10.6. The SMILES string of the molecule is C=N/C(C#N)=C\C(C)=NCCN(CCNC)Sc1ccc(N)cc1.CN. The molecule has 0 aromatic heterocycles. The second-order valence-corrected chi connectivity index (χ2v) is 6.19. The molecular formula is C18H29N7S. The van der Waals surface area contributed by atoms with Gasteiger partial charge in [-0.1, -0.05) is 0 Å². The number of rotatable bonds is 10. The fourth-order valence-corrected chi connectivity index (χ4v) is 2.72. The highest BCUT2D eigenvalue weighted by Gasteiger charge is 2.06. The third-order valence-electron chi connectivity index (χ3n) is 3.07. The number of likely N-dealkylation sites (N-methyl/N-ethyl adjacent to an activating group) is 1. The quantitative estimate of drug-likeness (QED) is 0.249. The molecule has 0 aliphatic heterocycles. The van der Waals surface area contributed by atoms with Crippen molar-refractivity contribution >= 4 is 30.1 Å². The predicted molar refractivity (Wildman–Crippen MR) is 114 cm³/mol. The van der Waals surface area contributed by atoms with E-state index in [-0.39, 0.29) is 5.70 Å². The van der Waals surface area contributed by atoms with Gasteiger partial charge in [-0.25, -0.2) is 4.31 Å². The van der Waals surface area contributed by atoms with Gasteiger partial charge in [0.25, 0.3) is 0 Å². The maximum absolute atomic E-state index is 8.83. The molecular weight excluding hydrogens is 346 g/mol. The molecule has 142 valence electrons. The summed E-state index contributed by atoms with van der Waals surface area (Å²) in [5.41, 5.74) is 12.0. The van der Waals surface area contributed by atoms with E-state index in [2.05, 4.69) is 32.1 Å². The number of anilines is 1. The number of nitrogens with one attached hydrogen (secondary N) is 1. The van der Waals surface area contributed by atoms with Crippen LogP contribution in [0.3, 0.4) is 0 Å². The Morgan fingerprint density at radius 2 is 2.00 bits per heavy atom. The summed E-state index contributed by atoms with van der Waals surface area (Å²) in [7, 11) is 3.44. The van der Waals surface area contributed by atoms with E-state index >= 15 is 0 Å². The largest absolute Gasteiger partial charge is 0.399 e. The standard InChI is InChI=1S/C17H24N6S.CH5N/c1-14(12-16(13-18)21-3)22-9-11-23(10-8-20-2)24-17-6-4-15(19)5-7-17;1-2/h4-7,12,20H,3,8-11,19H2,1-2H3;2H2,1H3/b16-12-,22-14?;. The lowest BCUT2D eigenvalue weighted by Crippen LogP contribution is -2.27. The van der Waals surface area contributed by atoms with Crippen molar-refractivity contribution in [2.45, 2.75) is 11.8 Å². The van der Waals surface area contributed by atoms with Crippen LogP contribution >= 0.6 is 11.9 Å². The molecule has 7 nitrogen and oxygen atoms in total. The van der Waals surface area contributed by atoms with E-state index < -0.39 is 0 Å². The average Bonchev–Trinajstić information content (AvgIpc) is 2.67. The Hall–Kier alpha value is -2.18. The molecule has 0 radical (unpaired) electrons. The highest BCUT2D eigenvalue weighted by Crippen LogP contribution is 2.22. The molecule has 0 heterocycles. The van der Waals surface area contributed by atoms with Crippen LogP contribution in [0.2, 0.25) is 0 Å². The van der Waals surface area contributed by atoms with Crippen LogP contribution in [0, 0.1) is 11.3 Å². The van der Waals surface area contributed by atoms with Crippen molar-refractivity contribution < 1.29 is 0 Å². The molecule has 0 saturated carbocycles. The summed E-state index contributed by atoms with van der Waals surface area (Å²) in [6.07, 6.45) is 1.64. The number of benzene rings is 1. The molecule has 0 amide bonds. The lowest BCUT2D eigenvalue weighted by molar-refractivity contribution is 0.475. The van der Waals surface area contributed by atoms with E-state index in [1.807, 2.05) is 44.3 Å². The van der Waals surface area contributed by atoms with Crippen molar-refractivity contribution in [1.82, 2.24) is 9.62 Å². The Kier molecular flexibility index (Phi) is 13.8. The van der Waals surface area contributed by atoms with Gasteiger partial charge in [-0.3, -0.25) is 9.98 Å². The minimum absolute atomic E-state index is 0.277. The summed E-state index contributed by atoms with van der Waals surface area (Å²) in [6, 6.07) is 9.79. The number of nitrogens with zero attached hydrogens (tertiary/aromatic N) is 4. The van der Waals surface area contributed by atoms with E-state index in [1.54, 1.807) is 18.0 Å². The van der Waals surface area contributed by atoms with Gasteiger partial charge in [-0.05, 0) is 70.0 Å². The van der Waals surface area contributed by atoms with Gasteiger partial charge in [0.05, 0.1) is 6.54 Å². The molecule has 26 heavy (non-hydrogen) atoms. The minimum Gasteiger partial charge on any atom is -0.399 e. The molecule has 0 unspecified atom stereocenters. The first-order chi connectivity index (χ1) is 12.6. The van der Waals surface area contributed by atoms with Crippen molar-refractivity contribution in [3.8, 4) is 6.07 Å². The molecule has 0 aliphatic rings. The molecule has 0 saturated heterocycles. The van der Waals surface area contributed by atoms with Crippen LogP contribution in [0.4, 0.5) is 5.69 Å². The monoisotopic (exact) mass is 375 g/mol. The lowest BCUT2D eigenvalue weighted by Gasteiger charge is -2.20. The van der Waals surface area contributed by atoms with Gasteiger partial charge >= 0.3 is 0 Å². The van der Waals surface area contributed by atoms with E-state index in [9.17, 15) is 0 Å². The van der Waals surface area contributed by atoms with Crippen LogP contribution in [0.25, 0.3) is 0 Å². The number of allylic oxidation sites excluding steroid dienone is 2. The Balaban J connectivity index is 0.00000301. The first-order valence-electron chi connectivity index (χ1n) is 8.19. The Labute approximate surface area is 161 Å². The number of hydrogen-bond donors (Lipinski definition) is 3. The van der Waals surface area contributed by atoms with Gasteiger partial charge in [0, 0.05) is 35.9 Å². The molecule has 1 aromatic rings. The summed E-state index contributed by atoms with van der Waals surface area (Å²) in [6.45, 7) is 8.44. The Morgan fingerprint density at radius 1 is 1.35 bits per heavy atom. The van der Waals surface area contributed by atoms with E-state index in [4.69, 9.17) is 11.0 Å². The molecule has 1 rings (SSSR count). The summed E-state index contributed by atoms with van der Waals surface area (Å²) in [5, 5.41) is 12.0. The van der Waals surface area contributed by atoms with E-state index in [1.165, 1.54) is 7.05 Å². The molecule has 0 aliphatic carbocycles. The van der Waals surface area contributed by atoms with Crippen LogP contribution in [-0.2, 0) is 0 Å². The smallest absolute Gasteiger partial charge is 0.141 e. The second-order valence-electron chi connectivity index (χ2n) is 5.02. The van der Waals surface area contributed by atoms with Crippen LogP contribution in [0.5, 0.6) is 0 Å². The fraction of sp³-hybridized carbons (Fsp3) is 0.389. The molecule has 8 heteroatoms. The third-order valence-corrected chi connectivity index (χ3v) is 4.17. The van der Waals surface area contributed by atoms with Gasteiger partial charge in [-0.2, -0.15) is 5.26 Å². The van der Waals surface area contributed by atoms with Crippen LogP contribution in [-0.4, -0.2) is 57.0 Å². The summed E-state index contributed by atoms with van der Waals surface area (Å²) in [5.74, 6) is 0. The Morgan fingerprint density at radius 3 is 2.54 bits per heavy atom. The number of hydrogen-bond acceptors (Lipinski definition) is 8. The first-order valence-corrected chi connectivity index (χ1v) is 8.96. The maximum Gasteiger partial charge on any atom is 0.141 e. The number of nitrogen functional groups attached to an aromatic ring is 1. The van der Waals surface area contributed by atoms with Crippen molar-refractivity contribution in [2.75, 3.05) is 46.0 Å². The zero-order valence-corrected chi connectivity index (χ0v) is 16.6. The van der Waals surface area contributed by atoms with Gasteiger partial charge in [-0.15, -0.1) is 0 Å². The van der Waals surface area contributed by atoms with Crippen LogP contribution < -0.4 is 16.8 Å². The zero-order valence-electron chi connectivity index (χ0n) is 15.8. The average molecular weight is 376 g/mol. The molecule has 0 spiro atoms. The van der Waals surface area contributed by atoms with Crippen molar-refractivity contribution in [3.63, 3.8) is 0 Å². The summed E-state index contributed by atoms with van der Waals surface area (Å²) >= 11 is 1.68. The number of nitriles is 1. The first kappa shape index (κ1) is 23.8. The second kappa shape index (κ2) is 15.1. The highest BCUT2D eigenvalue weighted by atomic mass is 32.2. The molecule has 0 atom stereocenters. The van der Waals surface area contributed by atoms with Crippen molar-refractivity contribution in [2.24, 2.45) is 15.7 Å². The predicted octanol–water partition coefficient (Wildman–Crippen LogP) is 1.94. The van der Waals surface area contributed by atoms with Crippen LogP contribution in [0.15, 0.2) is 50.9 Å². The molecule has 1 aromatic carbocycles. The fourth-order valence-electron chi connectivity index (χ4n) is 1.81. The minimum atomic E-state index is 0.277. The summed E-state index contributed by atoms with van der Waals surface area (Å²) < 4.78 is 2.25. The zero-order chi connectivity index (χ0) is 19.8. The number of nitrogens with two attached hydrogens (primary N) is 2. The summed E-state index contributed by atoms with van der Waals surface area (Å²) in [4.78, 5) is 9.24. The van der Waals surface area contributed by atoms with Gasteiger partial charge < -0.3 is 16.8 Å². The molecule has 0 fully saturated rings. The van der Waals surface area contributed by atoms with Gasteiger partial charge in [0.2, 0.25) is 0 Å². The lowest BCUT2D eigenvalue weighted by atomic mass is 10.3. The van der Waals surface area contributed by atoms with Crippen molar-refractivity contribution in [1.29, 1.82) is 5.26 Å². The normalized spacial score (nSPS) is 11.5. The topological polar surface area (TPSA) is 116 Å².